The summed E-state index contributed by atoms with van der Waals surface area (Å²) in [6, 6.07) is 17.3. The van der Waals surface area contributed by atoms with Gasteiger partial charge in [0.05, 0.1) is 0 Å². The molecule has 0 saturated carbocycles. The van der Waals surface area contributed by atoms with Crippen LogP contribution in [-0.4, -0.2) is 25.1 Å². The number of alkyl carbamates (subject to hydrolysis) is 1. The molecule has 2 amide bonds. The summed E-state index contributed by atoms with van der Waals surface area (Å²) in [7, 11) is 0. The summed E-state index contributed by atoms with van der Waals surface area (Å²) >= 11 is 0. The van der Waals surface area contributed by atoms with Crippen molar-refractivity contribution >= 4 is 12.0 Å². The van der Waals surface area contributed by atoms with Gasteiger partial charge in [0.15, 0.2) is 0 Å². The van der Waals surface area contributed by atoms with Crippen molar-refractivity contribution in [3.8, 4) is 11.8 Å². The van der Waals surface area contributed by atoms with E-state index in [2.05, 4.69) is 22.5 Å². The predicted molar refractivity (Wildman–Crippen MR) is 105 cm³/mol. The van der Waals surface area contributed by atoms with Gasteiger partial charge in [-0.05, 0) is 24.1 Å². The number of hydrogen-bond acceptors (Lipinski definition) is 3. The first-order valence-corrected chi connectivity index (χ1v) is 8.91. The number of carbonyl (C=O) groups is 2. The lowest BCUT2D eigenvalue weighted by Gasteiger charge is -2.08. The Bertz CT molecular complexity index is 807. The van der Waals surface area contributed by atoms with Gasteiger partial charge in [-0.3, -0.25) is 4.79 Å². The van der Waals surface area contributed by atoms with Crippen molar-refractivity contribution in [1.82, 2.24) is 10.6 Å². The van der Waals surface area contributed by atoms with E-state index in [4.69, 9.17) is 4.74 Å². The maximum absolute atomic E-state index is 11.8. The molecule has 0 saturated heterocycles. The highest BCUT2D eigenvalue weighted by molar-refractivity contribution is 5.76. The van der Waals surface area contributed by atoms with E-state index >= 15 is 0 Å². The molecule has 0 aliphatic carbocycles. The largest absolute Gasteiger partial charge is 0.445 e. The maximum Gasteiger partial charge on any atom is 0.407 e. The molecule has 0 aliphatic rings. The lowest BCUT2D eigenvalue weighted by molar-refractivity contribution is -0.120. The van der Waals surface area contributed by atoms with E-state index in [-0.39, 0.29) is 12.5 Å². The zero-order valence-corrected chi connectivity index (χ0v) is 15.5. The van der Waals surface area contributed by atoms with Crippen LogP contribution in [0.1, 0.15) is 29.5 Å². The van der Waals surface area contributed by atoms with E-state index < -0.39 is 6.09 Å². The van der Waals surface area contributed by atoms with Gasteiger partial charge in [-0.25, -0.2) is 4.79 Å². The third kappa shape index (κ3) is 8.10. The number of aryl methyl sites for hydroxylation is 1. The predicted octanol–water partition coefficient (Wildman–Crippen LogP) is 3.17. The third-order valence-corrected chi connectivity index (χ3v) is 3.77. The molecule has 2 aromatic rings. The second kappa shape index (κ2) is 11.4. The van der Waals surface area contributed by atoms with Gasteiger partial charge in [0.25, 0.3) is 0 Å². The molecule has 0 bridgehead atoms. The molecule has 2 aromatic carbocycles. The second-order valence-electron chi connectivity index (χ2n) is 5.96. The van der Waals surface area contributed by atoms with Gasteiger partial charge < -0.3 is 15.4 Å². The summed E-state index contributed by atoms with van der Waals surface area (Å²) in [5, 5.41) is 5.34. The van der Waals surface area contributed by atoms with Crippen molar-refractivity contribution in [3.05, 3.63) is 71.3 Å². The molecular weight excluding hydrogens is 340 g/mol. The fourth-order valence-electron chi connectivity index (χ4n) is 2.28. The second-order valence-corrected chi connectivity index (χ2v) is 5.96. The van der Waals surface area contributed by atoms with Gasteiger partial charge in [0.1, 0.15) is 6.61 Å². The minimum absolute atomic E-state index is 0.0893. The molecule has 0 atom stereocenters. The van der Waals surface area contributed by atoms with Crippen molar-refractivity contribution in [2.75, 3.05) is 13.1 Å². The third-order valence-electron chi connectivity index (χ3n) is 3.77. The maximum atomic E-state index is 11.8. The SMILES string of the molecule is Cc1ccccc1C#CCCC(=O)NCCNC(=O)OCc1ccccc1. The molecule has 2 N–H and O–H groups in total. The van der Waals surface area contributed by atoms with Gasteiger partial charge in [0, 0.05) is 31.5 Å². The molecule has 0 aromatic heterocycles. The molecule has 0 fully saturated rings. The zero-order chi connectivity index (χ0) is 19.3. The van der Waals surface area contributed by atoms with E-state index in [0.717, 1.165) is 16.7 Å². The molecule has 0 radical (unpaired) electrons. The van der Waals surface area contributed by atoms with E-state index in [0.29, 0.717) is 25.9 Å². The highest BCUT2D eigenvalue weighted by Gasteiger charge is 2.03. The minimum atomic E-state index is -0.503. The summed E-state index contributed by atoms with van der Waals surface area (Å²) in [4.78, 5) is 23.3. The van der Waals surface area contributed by atoms with Gasteiger partial charge in [-0.15, -0.1) is 0 Å². The number of amides is 2. The van der Waals surface area contributed by atoms with Gasteiger partial charge >= 0.3 is 6.09 Å². The molecule has 0 heterocycles. The van der Waals surface area contributed by atoms with Crippen LogP contribution in [0.4, 0.5) is 4.79 Å². The highest BCUT2D eigenvalue weighted by Crippen LogP contribution is 2.04. The summed E-state index contributed by atoms with van der Waals surface area (Å²) < 4.78 is 5.09. The Hall–Kier alpha value is -3.26. The van der Waals surface area contributed by atoms with Crippen molar-refractivity contribution in [3.63, 3.8) is 0 Å². The average Bonchev–Trinajstić information content (AvgIpc) is 2.69. The van der Waals surface area contributed by atoms with Crippen LogP contribution in [0.25, 0.3) is 0 Å². The van der Waals surface area contributed by atoms with E-state index in [9.17, 15) is 9.59 Å². The first kappa shape index (κ1) is 20.1. The number of carbonyl (C=O) groups excluding carboxylic acids is 2. The van der Waals surface area contributed by atoms with Crippen LogP contribution in [0, 0.1) is 18.8 Å². The number of rotatable bonds is 7. The smallest absolute Gasteiger partial charge is 0.407 e. The monoisotopic (exact) mass is 364 g/mol. The number of benzene rings is 2. The van der Waals surface area contributed by atoms with Crippen molar-refractivity contribution in [2.24, 2.45) is 0 Å². The Morgan fingerprint density at radius 1 is 0.963 bits per heavy atom. The van der Waals surface area contributed by atoms with Crippen molar-refractivity contribution < 1.29 is 14.3 Å². The van der Waals surface area contributed by atoms with Gasteiger partial charge in [0.2, 0.25) is 5.91 Å². The van der Waals surface area contributed by atoms with Crippen LogP contribution in [0.3, 0.4) is 0 Å². The van der Waals surface area contributed by atoms with Crippen molar-refractivity contribution in [2.45, 2.75) is 26.4 Å². The lowest BCUT2D eigenvalue weighted by Crippen LogP contribution is -2.34. The molecule has 5 nitrogen and oxygen atoms in total. The molecule has 2 rings (SSSR count). The highest BCUT2D eigenvalue weighted by atomic mass is 16.5. The standard InChI is InChI=1S/C22H24N2O3/c1-18-9-5-6-12-20(18)13-7-8-14-21(25)23-15-16-24-22(26)27-17-19-10-3-2-4-11-19/h2-6,9-12H,8,14-17H2,1H3,(H,23,25)(H,24,26). The molecule has 0 aliphatic heterocycles. The van der Waals surface area contributed by atoms with Crippen LogP contribution in [0.15, 0.2) is 54.6 Å². The molecule has 140 valence electrons. The number of hydrogen-bond donors (Lipinski definition) is 2. The van der Waals surface area contributed by atoms with Gasteiger partial charge in [-0.1, -0.05) is 60.4 Å². The fourth-order valence-corrected chi connectivity index (χ4v) is 2.28. The Morgan fingerprint density at radius 3 is 2.44 bits per heavy atom. The van der Waals surface area contributed by atoms with E-state index in [1.54, 1.807) is 0 Å². The Kier molecular flexibility index (Phi) is 8.45. The Labute approximate surface area is 160 Å². The van der Waals surface area contributed by atoms with Crippen LogP contribution < -0.4 is 10.6 Å². The van der Waals surface area contributed by atoms with Crippen LogP contribution in [0.2, 0.25) is 0 Å². The minimum Gasteiger partial charge on any atom is -0.445 e. The van der Waals surface area contributed by atoms with Crippen LogP contribution >= 0.6 is 0 Å². The van der Waals surface area contributed by atoms with Crippen LogP contribution in [0.5, 0.6) is 0 Å². The normalized spacial score (nSPS) is 9.67. The average molecular weight is 364 g/mol. The fraction of sp³-hybridized carbons (Fsp3) is 0.273. The molecule has 5 heteroatoms. The number of nitrogens with one attached hydrogen (secondary N) is 2. The quantitative estimate of drug-likeness (QED) is 0.586. The van der Waals surface area contributed by atoms with Gasteiger partial charge in [-0.2, -0.15) is 0 Å². The molecular formula is C22H24N2O3. The summed E-state index contributed by atoms with van der Waals surface area (Å²) in [6.07, 6.45) is 0.321. The Balaban J connectivity index is 1.54. The van der Waals surface area contributed by atoms with E-state index in [1.165, 1.54) is 0 Å². The first-order chi connectivity index (χ1) is 13.1. The van der Waals surface area contributed by atoms with E-state index in [1.807, 2.05) is 61.5 Å². The molecule has 27 heavy (non-hydrogen) atoms. The number of ether oxygens (including phenoxy) is 1. The summed E-state index contributed by atoms with van der Waals surface area (Å²) in [6.45, 7) is 2.89. The van der Waals surface area contributed by atoms with Crippen molar-refractivity contribution in [1.29, 1.82) is 0 Å². The summed E-state index contributed by atoms with van der Waals surface area (Å²) in [5.74, 6) is 6.00. The molecule has 0 unspecified atom stereocenters. The lowest BCUT2D eigenvalue weighted by atomic mass is 10.1. The summed E-state index contributed by atoms with van der Waals surface area (Å²) in [5.41, 5.74) is 3.03. The molecule has 0 spiro atoms. The zero-order valence-electron chi connectivity index (χ0n) is 15.5. The first-order valence-electron chi connectivity index (χ1n) is 8.91. The topological polar surface area (TPSA) is 67.4 Å². The van der Waals surface area contributed by atoms with Crippen LogP contribution in [-0.2, 0) is 16.1 Å². The Morgan fingerprint density at radius 2 is 1.67 bits per heavy atom.